The molecule has 6 nitrogen and oxygen atoms in total. The SMILES string of the molecule is O=C1OC(c2ccccc2)(c2ccccc2)N2C1CNCC2C(=O)c1ccc(CN2CC=CCC2)cc1. The molecular formula is C31H31N3O3. The molecule has 37 heavy (non-hydrogen) atoms. The highest BCUT2D eigenvalue weighted by Gasteiger charge is 2.60. The summed E-state index contributed by atoms with van der Waals surface area (Å²) < 4.78 is 6.27. The van der Waals surface area contributed by atoms with Crippen LogP contribution in [0.15, 0.2) is 97.1 Å². The molecule has 6 rings (SSSR count). The molecule has 0 aromatic heterocycles. The molecule has 3 heterocycles. The first kappa shape index (κ1) is 23.8. The van der Waals surface area contributed by atoms with E-state index >= 15 is 0 Å². The number of ether oxygens (including phenoxy) is 1. The van der Waals surface area contributed by atoms with E-state index in [0.717, 1.165) is 37.2 Å². The van der Waals surface area contributed by atoms with Crippen molar-refractivity contribution >= 4 is 11.8 Å². The van der Waals surface area contributed by atoms with Crippen molar-refractivity contribution in [2.24, 2.45) is 0 Å². The van der Waals surface area contributed by atoms with Gasteiger partial charge in [-0.2, -0.15) is 0 Å². The Morgan fingerprint density at radius 3 is 2.19 bits per heavy atom. The minimum absolute atomic E-state index is 0.0146. The van der Waals surface area contributed by atoms with Gasteiger partial charge in [-0.25, -0.2) is 4.90 Å². The van der Waals surface area contributed by atoms with Crippen molar-refractivity contribution < 1.29 is 14.3 Å². The minimum Gasteiger partial charge on any atom is -0.434 e. The number of hydrogen-bond acceptors (Lipinski definition) is 6. The zero-order valence-corrected chi connectivity index (χ0v) is 20.8. The highest BCUT2D eigenvalue weighted by atomic mass is 16.6. The second-order valence-corrected chi connectivity index (χ2v) is 9.95. The summed E-state index contributed by atoms with van der Waals surface area (Å²) in [7, 11) is 0. The Hall–Kier alpha value is -3.58. The number of carbonyl (C=O) groups excluding carboxylic acids is 2. The summed E-state index contributed by atoms with van der Waals surface area (Å²) in [5.74, 6) is -0.331. The quantitative estimate of drug-likeness (QED) is 0.321. The predicted molar refractivity (Wildman–Crippen MR) is 142 cm³/mol. The van der Waals surface area contributed by atoms with E-state index in [1.165, 1.54) is 5.56 Å². The zero-order valence-electron chi connectivity index (χ0n) is 20.8. The maximum absolute atomic E-state index is 14.0. The van der Waals surface area contributed by atoms with Crippen molar-refractivity contribution in [1.82, 2.24) is 15.1 Å². The smallest absolute Gasteiger partial charge is 0.327 e. The van der Waals surface area contributed by atoms with E-state index in [0.29, 0.717) is 18.7 Å². The van der Waals surface area contributed by atoms with Crippen LogP contribution in [-0.2, 0) is 21.8 Å². The Kier molecular flexibility index (Phi) is 6.47. The number of ketones is 1. The van der Waals surface area contributed by atoms with Crippen LogP contribution in [0.25, 0.3) is 0 Å². The third kappa shape index (κ3) is 4.31. The fourth-order valence-corrected chi connectivity index (χ4v) is 5.86. The molecule has 3 aromatic carbocycles. The molecule has 2 fully saturated rings. The van der Waals surface area contributed by atoms with Crippen LogP contribution in [0.4, 0.5) is 0 Å². The molecule has 0 aliphatic carbocycles. The highest BCUT2D eigenvalue weighted by molar-refractivity contribution is 6.01. The van der Waals surface area contributed by atoms with Crippen molar-refractivity contribution in [3.05, 3.63) is 119 Å². The van der Waals surface area contributed by atoms with Crippen molar-refractivity contribution in [3.63, 3.8) is 0 Å². The van der Waals surface area contributed by atoms with E-state index in [1.54, 1.807) is 0 Å². The summed E-state index contributed by atoms with van der Waals surface area (Å²) in [5, 5.41) is 3.32. The van der Waals surface area contributed by atoms with E-state index in [1.807, 2.05) is 89.8 Å². The topological polar surface area (TPSA) is 61.9 Å². The first-order valence-corrected chi connectivity index (χ1v) is 13.0. The summed E-state index contributed by atoms with van der Waals surface area (Å²) in [6, 6.07) is 26.3. The number of fused-ring (bicyclic) bond motifs is 1. The van der Waals surface area contributed by atoms with Gasteiger partial charge in [-0.3, -0.25) is 14.5 Å². The maximum atomic E-state index is 14.0. The van der Waals surface area contributed by atoms with Crippen molar-refractivity contribution in [3.8, 4) is 0 Å². The lowest BCUT2D eigenvalue weighted by atomic mass is 9.88. The van der Waals surface area contributed by atoms with Crippen LogP contribution in [0.3, 0.4) is 0 Å². The molecule has 6 heteroatoms. The lowest BCUT2D eigenvalue weighted by Gasteiger charge is -2.44. The van der Waals surface area contributed by atoms with Crippen LogP contribution in [0.1, 0.15) is 33.5 Å². The number of rotatable bonds is 6. The van der Waals surface area contributed by atoms with Crippen LogP contribution in [0.5, 0.6) is 0 Å². The number of piperazine rings is 1. The molecule has 3 aromatic rings. The molecule has 2 unspecified atom stereocenters. The van der Waals surface area contributed by atoms with Crippen LogP contribution < -0.4 is 5.32 Å². The van der Waals surface area contributed by atoms with Gasteiger partial charge >= 0.3 is 5.97 Å². The van der Waals surface area contributed by atoms with Gasteiger partial charge in [0.1, 0.15) is 6.04 Å². The molecule has 188 valence electrons. The number of nitrogens with zero attached hydrogens (tertiary/aromatic N) is 2. The number of esters is 1. The summed E-state index contributed by atoms with van der Waals surface area (Å²) in [5.41, 5.74) is 2.33. The first-order chi connectivity index (χ1) is 18.2. The van der Waals surface area contributed by atoms with Crippen molar-refractivity contribution in [1.29, 1.82) is 0 Å². The number of benzene rings is 3. The van der Waals surface area contributed by atoms with Crippen molar-refractivity contribution in [2.75, 3.05) is 26.2 Å². The van der Waals surface area contributed by atoms with E-state index in [-0.39, 0.29) is 11.8 Å². The second-order valence-electron chi connectivity index (χ2n) is 9.95. The summed E-state index contributed by atoms with van der Waals surface area (Å²) in [6.07, 6.45) is 5.51. The van der Waals surface area contributed by atoms with Crippen molar-refractivity contribution in [2.45, 2.75) is 30.8 Å². The minimum atomic E-state index is -1.17. The fraction of sp³-hybridized carbons (Fsp3) is 0.290. The molecule has 3 aliphatic heterocycles. The largest absolute Gasteiger partial charge is 0.434 e. The van der Waals surface area contributed by atoms with Crippen LogP contribution >= 0.6 is 0 Å². The number of cyclic esters (lactones) is 1. The van der Waals surface area contributed by atoms with Gasteiger partial charge in [0, 0.05) is 49.4 Å². The van der Waals surface area contributed by atoms with Crippen LogP contribution in [0.2, 0.25) is 0 Å². The van der Waals surface area contributed by atoms with Crippen LogP contribution in [-0.4, -0.2) is 59.8 Å². The Balaban J connectivity index is 1.35. The molecule has 0 radical (unpaired) electrons. The third-order valence-corrected chi connectivity index (χ3v) is 7.65. The summed E-state index contributed by atoms with van der Waals surface area (Å²) >= 11 is 0. The van der Waals surface area contributed by atoms with E-state index < -0.39 is 17.8 Å². The van der Waals surface area contributed by atoms with Gasteiger partial charge in [0.25, 0.3) is 0 Å². The molecule has 0 bridgehead atoms. The lowest BCUT2D eigenvalue weighted by molar-refractivity contribution is -0.150. The average molecular weight is 494 g/mol. The number of nitrogens with one attached hydrogen (secondary N) is 1. The van der Waals surface area contributed by atoms with Gasteiger partial charge in [0.15, 0.2) is 5.78 Å². The lowest BCUT2D eigenvalue weighted by Crippen LogP contribution is -2.64. The monoisotopic (exact) mass is 493 g/mol. The molecule has 0 saturated carbocycles. The molecule has 1 N–H and O–H groups in total. The van der Waals surface area contributed by atoms with E-state index in [4.69, 9.17) is 4.74 Å². The Bertz CT molecular complexity index is 1250. The third-order valence-electron chi connectivity index (χ3n) is 7.65. The maximum Gasteiger partial charge on any atom is 0.327 e. The second kappa shape index (κ2) is 10.1. The summed E-state index contributed by atoms with van der Waals surface area (Å²) in [6.45, 7) is 3.75. The van der Waals surface area contributed by atoms with E-state index in [9.17, 15) is 9.59 Å². The number of carbonyl (C=O) groups is 2. The van der Waals surface area contributed by atoms with Gasteiger partial charge < -0.3 is 10.1 Å². The van der Waals surface area contributed by atoms with Gasteiger partial charge in [-0.05, 0) is 12.0 Å². The van der Waals surface area contributed by atoms with Gasteiger partial charge in [-0.1, -0.05) is 97.1 Å². The standard InChI is InChI=1S/C31H31N3O3/c35-29(24-16-14-23(15-17-24)22-33-18-8-3-9-19-33)27-20-32-21-28-30(36)37-31(34(27)28,25-10-4-1-5-11-25)26-12-6-2-7-13-26/h1-8,10-17,27-28,32H,9,18-22H2. The highest BCUT2D eigenvalue weighted by Crippen LogP contribution is 2.46. The predicted octanol–water partition coefficient (Wildman–Crippen LogP) is 3.73. The van der Waals surface area contributed by atoms with Gasteiger partial charge in [-0.15, -0.1) is 0 Å². The average Bonchev–Trinajstić information content (AvgIpc) is 3.28. The van der Waals surface area contributed by atoms with Gasteiger partial charge in [0.2, 0.25) is 5.72 Å². The first-order valence-electron chi connectivity index (χ1n) is 13.0. The molecular weight excluding hydrogens is 462 g/mol. The molecule has 0 amide bonds. The normalized spacial score (nSPS) is 23.4. The fourth-order valence-electron chi connectivity index (χ4n) is 5.86. The van der Waals surface area contributed by atoms with Crippen LogP contribution in [0, 0.1) is 0 Å². The zero-order chi connectivity index (χ0) is 25.2. The van der Waals surface area contributed by atoms with Gasteiger partial charge in [0.05, 0.1) is 6.04 Å². The van der Waals surface area contributed by atoms with E-state index in [2.05, 4.69) is 22.4 Å². The summed E-state index contributed by atoms with van der Waals surface area (Å²) in [4.78, 5) is 31.7. The molecule has 2 atom stereocenters. The Labute approximate surface area is 217 Å². The Morgan fingerprint density at radius 1 is 0.892 bits per heavy atom. The molecule has 2 saturated heterocycles. The number of hydrogen-bond donors (Lipinski definition) is 1. The Morgan fingerprint density at radius 2 is 1.57 bits per heavy atom. The molecule has 3 aliphatic rings. The number of Topliss-reactive ketones (excluding diaryl/α,β-unsaturated/α-hetero) is 1. The molecule has 0 spiro atoms.